The van der Waals surface area contributed by atoms with Crippen LogP contribution in [0.3, 0.4) is 0 Å². The van der Waals surface area contributed by atoms with E-state index in [1.54, 1.807) is 12.1 Å². The summed E-state index contributed by atoms with van der Waals surface area (Å²) in [5.41, 5.74) is 2.59. The van der Waals surface area contributed by atoms with Crippen molar-refractivity contribution in [2.45, 2.75) is 36.7 Å². The van der Waals surface area contributed by atoms with Crippen LogP contribution in [0, 0.1) is 5.92 Å². The lowest BCUT2D eigenvalue weighted by molar-refractivity contribution is -0.0328. The van der Waals surface area contributed by atoms with E-state index in [4.69, 9.17) is 5.73 Å². The Morgan fingerprint density at radius 3 is 2.06 bits per heavy atom. The fourth-order valence-electron chi connectivity index (χ4n) is 1.56. The Morgan fingerprint density at radius 1 is 1.17 bits per heavy atom. The fraction of sp³-hybridized carbons (Fsp3) is 0.500. The standard InChI is InChI=1S/C12H16F3NS.ClH/c1-8(2)7-11(16)9-3-5-10(6-4-9)17-12(13,14)15;/h3-6,8,11H,7,16H2,1-2H3;1H/t11-;/m1./s1. The molecule has 0 spiro atoms. The number of benzene rings is 1. The average Bonchev–Trinajstić information content (AvgIpc) is 2.15. The molecule has 1 aromatic rings. The van der Waals surface area contributed by atoms with Gasteiger partial charge in [0.05, 0.1) is 0 Å². The molecule has 0 heterocycles. The van der Waals surface area contributed by atoms with Crippen molar-refractivity contribution in [3.63, 3.8) is 0 Å². The van der Waals surface area contributed by atoms with Gasteiger partial charge in [-0.15, -0.1) is 12.4 Å². The van der Waals surface area contributed by atoms with Crippen LogP contribution in [-0.2, 0) is 0 Å². The zero-order chi connectivity index (χ0) is 13.1. The van der Waals surface area contributed by atoms with Gasteiger partial charge >= 0.3 is 5.51 Å². The molecule has 0 bridgehead atoms. The molecule has 104 valence electrons. The first-order chi connectivity index (χ1) is 7.78. The summed E-state index contributed by atoms with van der Waals surface area (Å²) in [4.78, 5) is 0.193. The third-order valence-electron chi connectivity index (χ3n) is 2.27. The highest BCUT2D eigenvalue weighted by atomic mass is 35.5. The van der Waals surface area contributed by atoms with Crippen LogP contribution in [0.1, 0.15) is 31.9 Å². The fourth-order valence-corrected chi connectivity index (χ4v) is 2.10. The molecular weight excluding hydrogens is 283 g/mol. The largest absolute Gasteiger partial charge is 0.446 e. The van der Waals surface area contributed by atoms with Gasteiger partial charge in [-0.2, -0.15) is 13.2 Å². The van der Waals surface area contributed by atoms with Gasteiger partial charge in [0, 0.05) is 10.9 Å². The van der Waals surface area contributed by atoms with E-state index in [1.165, 1.54) is 12.1 Å². The first-order valence-electron chi connectivity index (χ1n) is 5.39. The second-order valence-electron chi connectivity index (χ2n) is 4.35. The molecule has 2 N–H and O–H groups in total. The van der Waals surface area contributed by atoms with Crippen molar-refractivity contribution < 1.29 is 13.2 Å². The smallest absolute Gasteiger partial charge is 0.324 e. The molecule has 1 atom stereocenters. The normalized spacial score (nSPS) is 13.3. The maximum Gasteiger partial charge on any atom is 0.446 e. The van der Waals surface area contributed by atoms with E-state index in [0.717, 1.165) is 12.0 Å². The molecule has 0 saturated heterocycles. The summed E-state index contributed by atoms with van der Waals surface area (Å²) in [7, 11) is 0. The molecule has 6 heteroatoms. The number of alkyl halides is 3. The minimum atomic E-state index is -4.23. The molecule has 1 nitrogen and oxygen atoms in total. The molecule has 0 aliphatic heterocycles. The van der Waals surface area contributed by atoms with Crippen molar-refractivity contribution in [3.05, 3.63) is 29.8 Å². The average molecular weight is 300 g/mol. The van der Waals surface area contributed by atoms with Crippen LogP contribution in [0.25, 0.3) is 0 Å². The van der Waals surface area contributed by atoms with Crippen LogP contribution in [0.5, 0.6) is 0 Å². The number of rotatable bonds is 4. The van der Waals surface area contributed by atoms with Crippen molar-refractivity contribution >= 4 is 24.2 Å². The van der Waals surface area contributed by atoms with Crippen LogP contribution < -0.4 is 5.73 Å². The zero-order valence-electron chi connectivity index (χ0n) is 10.2. The van der Waals surface area contributed by atoms with E-state index in [-0.39, 0.29) is 35.1 Å². The zero-order valence-corrected chi connectivity index (χ0v) is 11.8. The van der Waals surface area contributed by atoms with E-state index in [9.17, 15) is 13.2 Å². The Morgan fingerprint density at radius 2 is 1.67 bits per heavy atom. The van der Waals surface area contributed by atoms with E-state index in [2.05, 4.69) is 13.8 Å². The van der Waals surface area contributed by atoms with Gasteiger partial charge in [-0.3, -0.25) is 0 Å². The molecule has 0 aromatic heterocycles. The number of hydrogen-bond donors (Lipinski definition) is 1. The molecule has 0 unspecified atom stereocenters. The summed E-state index contributed by atoms with van der Waals surface area (Å²) in [5.74, 6) is 0.467. The van der Waals surface area contributed by atoms with Crippen LogP contribution in [-0.4, -0.2) is 5.51 Å². The van der Waals surface area contributed by atoms with Crippen LogP contribution in [0.15, 0.2) is 29.2 Å². The first-order valence-corrected chi connectivity index (χ1v) is 6.21. The molecule has 1 rings (SSSR count). The quantitative estimate of drug-likeness (QED) is 0.811. The Balaban J connectivity index is 0.00000289. The van der Waals surface area contributed by atoms with Gasteiger partial charge < -0.3 is 5.73 Å². The summed E-state index contributed by atoms with van der Waals surface area (Å²) in [6.45, 7) is 4.13. The van der Waals surface area contributed by atoms with Gasteiger partial charge in [-0.25, -0.2) is 0 Å². The van der Waals surface area contributed by atoms with Crippen LogP contribution in [0.4, 0.5) is 13.2 Å². The molecule has 0 saturated carbocycles. The highest BCUT2D eigenvalue weighted by Crippen LogP contribution is 2.37. The predicted octanol–water partition coefficient (Wildman–Crippen LogP) is 4.77. The molecule has 0 aliphatic rings. The van der Waals surface area contributed by atoms with Crippen molar-refractivity contribution in [3.8, 4) is 0 Å². The topological polar surface area (TPSA) is 26.0 Å². The predicted molar refractivity (Wildman–Crippen MR) is 72.0 cm³/mol. The summed E-state index contributed by atoms with van der Waals surface area (Å²) in [6, 6.07) is 6.16. The lowest BCUT2D eigenvalue weighted by Gasteiger charge is -2.15. The van der Waals surface area contributed by atoms with Crippen LogP contribution in [0.2, 0.25) is 0 Å². The second-order valence-corrected chi connectivity index (χ2v) is 5.49. The van der Waals surface area contributed by atoms with Crippen LogP contribution >= 0.6 is 24.2 Å². The monoisotopic (exact) mass is 299 g/mol. The lowest BCUT2D eigenvalue weighted by atomic mass is 9.98. The van der Waals surface area contributed by atoms with Gasteiger partial charge in [0.2, 0.25) is 0 Å². The summed E-state index contributed by atoms with van der Waals surface area (Å²) < 4.78 is 36.3. The minimum absolute atomic E-state index is 0. The summed E-state index contributed by atoms with van der Waals surface area (Å²) in [5, 5.41) is 0. The lowest BCUT2D eigenvalue weighted by Crippen LogP contribution is -2.12. The minimum Gasteiger partial charge on any atom is -0.324 e. The SMILES string of the molecule is CC(C)C[C@@H](N)c1ccc(SC(F)(F)F)cc1.Cl. The second kappa shape index (κ2) is 7.26. The third kappa shape index (κ3) is 6.52. The van der Waals surface area contributed by atoms with Crippen molar-refractivity contribution in [1.29, 1.82) is 0 Å². The van der Waals surface area contributed by atoms with E-state index < -0.39 is 5.51 Å². The summed E-state index contributed by atoms with van der Waals surface area (Å²) >= 11 is -0.106. The Hall–Kier alpha value is -0.390. The maximum atomic E-state index is 12.1. The van der Waals surface area contributed by atoms with Gasteiger partial charge in [0.15, 0.2) is 0 Å². The summed E-state index contributed by atoms with van der Waals surface area (Å²) in [6.07, 6.45) is 0.825. The van der Waals surface area contributed by atoms with Gasteiger partial charge in [-0.1, -0.05) is 26.0 Å². The van der Waals surface area contributed by atoms with Crippen molar-refractivity contribution in [2.24, 2.45) is 11.7 Å². The molecule has 0 radical (unpaired) electrons. The Kier molecular flexibility index (Phi) is 7.10. The number of thioether (sulfide) groups is 1. The van der Waals surface area contributed by atoms with Gasteiger partial charge in [0.25, 0.3) is 0 Å². The van der Waals surface area contributed by atoms with Gasteiger partial charge in [0.1, 0.15) is 0 Å². The number of hydrogen-bond acceptors (Lipinski definition) is 2. The van der Waals surface area contributed by atoms with Gasteiger partial charge in [-0.05, 0) is 41.8 Å². The van der Waals surface area contributed by atoms with Crippen molar-refractivity contribution in [1.82, 2.24) is 0 Å². The molecular formula is C12H17ClF3NS. The third-order valence-corrected chi connectivity index (χ3v) is 3.01. The molecule has 0 fully saturated rings. The van der Waals surface area contributed by atoms with E-state index in [0.29, 0.717) is 5.92 Å². The number of nitrogens with two attached hydrogens (primary N) is 1. The maximum absolute atomic E-state index is 12.1. The highest BCUT2D eigenvalue weighted by Gasteiger charge is 2.29. The van der Waals surface area contributed by atoms with Crippen molar-refractivity contribution in [2.75, 3.05) is 0 Å². The van der Waals surface area contributed by atoms with E-state index in [1.807, 2.05) is 0 Å². The molecule has 0 aliphatic carbocycles. The highest BCUT2D eigenvalue weighted by molar-refractivity contribution is 8.00. The molecule has 1 aromatic carbocycles. The Labute approximate surface area is 116 Å². The molecule has 18 heavy (non-hydrogen) atoms. The number of halogens is 4. The first kappa shape index (κ1) is 17.6. The Bertz CT molecular complexity index is 351. The molecule has 0 amide bonds. The van der Waals surface area contributed by atoms with E-state index >= 15 is 0 Å².